The van der Waals surface area contributed by atoms with Gasteiger partial charge in [-0.15, -0.1) is 11.3 Å². The van der Waals surface area contributed by atoms with E-state index in [2.05, 4.69) is 0 Å². The number of ether oxygens (including phenoxy) is 2. The number of amides is 2. The standard InChI is InChI=1S/C25H28N2O6S/c1-16-5-7-18(8-6-16)27-21(28)14-19(23(27)20-4-3-13-34-20)25(31)33-15-22(29)26-11-9-17(10-12-26)24(30)32-2/h3-8,13,17,19,23H,9-12,14-15H2,1-2H3. The lowest BCUT2D eigenvalue weighted by Gasteiger charge is -2.30. The lowest BCUT2D eigenvalue weighted by molar-refractivity contribution is -0.157. The van der Waals surface area contributed by atoms with E-state index in [0.29, 0.717) is 25.9 Å². The number of thiophene rings is 1. The maximum Gasteiger partial charge on any atom is 0.312 e. The predicted octanol–water partition coefficient (Wildman–Crippen LogP) is 3.11. The maximum atomic E-state index is 13.1. The second-order valence-corrected chi connectivity index (χ2v) is 9.64. The molecule has 0 radical (unpaired) electrons. The number of aryl methyl sites for hydroxylation is 1. The molecule has 0 bridgehead atoms. The zero-order chi connectivity index (χ0) is 24.2. The van der Waals surface area contributed by atoms with Gasteiger partial charge in [-0.05, 0) is 43.3 Å². The van der Waals surface area contributed by atoms with Crippen molar-refractivity contribution in [2.75, 3.05) is 31.7 Å². The van der Waals surface area contributed by atoms with Crippen LogP contribution in [-0.4, -0.2) is 55.5 Å². The van der Waals surface area contributed by atoms with Gasteiger partial charge in [-0.3, -0.25) is 19.2 Å². The normalized spacial score (nSPS) is 20.9. The Labute approximate surface area is 202 Å². The Hall–Kier alpha value is -3.20. The zero-order valence-electron chi connectivity index (χ0n) is 19.3. The van der Waals surface area contributed by atoms with Crippen molar-refractivity contribution in [2.24, 2.45) is 11.8 Å². The smallest absolute Gasteiger partial charge is 0.312 e. The molecule has 2 aliphatic heterocycles. The summed E-state index contributed by atoms with van der Waals surface area (Å²) in [4.78, 5) is 54.5. The van der Waals surface area contributed by atoms with Gasteiger partial charge in [0.15, 0.2) is 6.61 Å². The first kappa shape index (κ1) is 23.9. The Balaban J connectivity index is 1.42. The quantitative estimate of drug-likeness (QED) is 0.585. The van der Waals surface area contributed by atoms with Crippen LogP contribution >= 0.6 is 11.3 Å². The number of likely N-dealkylation sites (tertiary alicyclic amines) is 1. The van der Waals surface area contributed by atoms with Crippen LogP contribution in [0.4, 0.5) is 5.69 Å². The second kappa shape index (κ2) is 10.4. The molecule has 2 amide bonds. The number of piperidine rings is 1. The summed E-state index contributed by atoms with van der Waals surface area (Å²) < 4.78 is 10.2. The van der Waals surface area contributed by atoms with E-state index in [9.17, 15) is 19.2 Å². The van der Waals surface area contributed by atoms with Gasteiger partial charge in [0.25, 0.3) is 5.91 Å². The van der Waals surface area contributed by atoms with E-state index in [1.165, 1.54) is 18.4 Å². The number of hydrogen-bond donors (Lipinski definition) is 0. The first-order valence-electron chi connectivity index (χ1n) is 11.3. The molecule has 2 unspecified atom stereocenters. The van der Waals surface area contributed by atoms with Crippen molar-refractivity contribution >= 4 is 40.8 Å². The zero-order valence-corrected chi connectivity index (χ0v) is 20.1. The Morgan fingerprint density at radius 2 is 1.76 bits per heavy atom. The minimum atomic E-state index is -0.703. The summed E-state index contributed by atoms with van der Waals surface area (Å²) in [6, 6.07) is 10.9. The molecule has 34 heavy (non-hydrogen) atoms. The predicted molar refractivity (Wildman–Crippen MR) is 126 cm³/mol. The summed E-state index contributed by atoms with van der Waals surface area (Å²) in [6.45, 7) is 2.42. The van der Waals surface area contributed by atoms with Crippen molar-refractivity contribution in [3.8, 4) is 0 Å². The third-order valence-electron chi connectivity index (χ3n) is 6.49. The fraction of sp³-hybridized carbons (Fsp3) is 0.440. The molecule has 4 rings (SSSR count). The molecule has 1 aromatic carbocycles. The van der Waals surface area contributed by atoms with Crippen molar-refractivity contribution in [1.29, 1.82) is 0 Å². The van der Waals surface area contributed by atoms with Crippen LogP contribution in [0.5, 0.6) is 0 Å². The first-order valence-corrected chi connectivity index (χ1v) is 12.2. The van der Waals surface area contributed by atoms with Crippen LogP contribution in [0.3, 0.4) is 0 Å². The number of esters is 2. The summed E-state index contributed by atoms with van der Waals surface area (Å²) >= 11 is 1.48. The highest BCUT2D eigenvalue weighted by atomic mass is 32.1. The van der Waals surface area contributed by atoms with Crippen LogP contribution in [0, 0.1) is 18.8 Å². The number of hydrogen-bond acceptors (Lipinski definition) is 7. The van der Waals surface area contributed by atoms with Crippen LogP contribution in [0.1, 0.15) is 35.7 Å². The topological polar surface area (TPSA) is 93.2 Å². The molecule has 2 saturated heterocycles. The molecule has 2 fully saturated rings. The third kappa shape index (κ3) is 4.99. The minimum absolute atomic E-state index is 0.0218. The highest BCUT2D eigenvalue weighted by molar-refractivity contribution is 7.10. The van der Waals surface area contributed by atoms with Gasteiger partial charge in [0.05, 0.1) is 25.0 Å². The van der Waals surface area contributed by atoms with Gasteiger partial charge in [0.2, 0.25) is 5.91 Å². The molecule has 0 N–H and O–H groups in total. The van der Waals surface area contributed by atoms with Crippen molar-refractivity contribution in [3.63, 3.8) is 0 Å². The monoisotopic (exact) mass is 484 g/mol. The van der Waals surface area contributed by atoms with Gasteiger partial charge in [-0.2, -0.15) is 0 Å². The van der Waals surface area contributed by atoms with Gasteiger partial charge in [-0.25, -0.2) is 0 Å². The van der Waals surface area contributed by atoms with Crippen molar-refractivity contribution in [3.05, 3.63) is 52.2 Å². The van der Waals surface area contributed by atoms with Gasteiger partial charge in [0, 0.05) is 30.1 Å². The van der Waals surface area contributed by atoms with E-state index in [1.807, 2.05) is 48.7 Å². The van der Waals surface area contributed by atoms with Crippen LogP contribution in [0.25, 0.3) is 0 Å². The highest BCUT2D eigenvalue weighted by Gasteiger charge is 2.46. The fourth-order valence-electron chi connectivity index (χ4n) is 4.60. The van der Waals surface area contributed by atoms with Crippen molar-refractivity contribution < 1.29 is 28.7 Å². The van der Waals surface area contributed by atoms with Gasteiger partial charge >= 0.3 is 11.9 Å². The van der Waals surface area contributed by atoms with Gasteiger partial charge in [-0.1, -0.05) is 23.8 Å². The van der Waals surface area contributed by atoms with Gasteiger partial charge < -0.3 is 19.3 Å². The van der Waals surface area contributed by atoms with Crippen LogP contribution < -0.4 is 4.90 Å². The van der Waals surface area contributed by atoms with E-state index < -0.39 is 17.9 Å². The average molecular weight is 485 g/mol. The highest BCUT2D eigenvalue weighted by Crippen LogP contribution is 2.43. The van der Waals surface area contributed by atoms with E-state index >= 15 is 0 Å². The van der Waals surface area contributed by atoms with E-state index in [0.717, 1.165) is 16.1 Å². The molecule has 0 aliphatic carbocycles. The van der Waals surface area contributed by atoms with E-state index in [1.54, 1.807) is 9.80 Å². The molecular formula is C25H28N2O6S. The number of carbonyl (C=O) groups excluding carboxylic acids is 4. The first-order chi connectivity index (χ1) is 16.4. The minimum Gasteiger partial charge on any atom is -0.469 e. The van der Waals surface area contributed by atoms with E-state index in [4.69, 9.17) is 9.47 Å². The molecular weight excluding hydrogens is 456 g/mol. The van der Waals surface area contributed by atoms with Crippen molar-refractivity contribution in [1.82, 2.24) is 4.90 Å². The van der Waals surface area contributed by atoms with E-state index in [-0.39, 0.29) is 36.7 Å². The molecule has 9 heteroatoms. The summed E-state index contributed by atoms with van der Waals surface area (Å²) in [5.74, 6) is -2.18. The molecule has 0 spiro atoms. The summed E-state index contributed by atoms with van der Waals surface area (Å²) in [6.07, 6.45) is 1.07. The molecule has 2 aliphatic rings. The summed E-state index contributed by atoms with van der Waals surface area (Å²) in [5.41, 5.74) is 1.81. The van der Waals surface area contributed by atoms with Crippen LogP contribution in [0.2, 0.25) is 0 Å². The molecule has 8 nitrogen and oxygen atoms in total. The molecule has 3 heterocycles. The molecule has 0 saturated carbocycles. The number of methoxy groups -OCH3 is 1. The molecule has 180 valence electrons. The Kier molecular flexibility index (Phi) is 7.31. The van der Waals surface area contributed by atoms with Crippen LogP contribution in [0.15, 0.2) is 41.8 Å². The number of benzene rings is 1. The fourth-order valence-corrected chi connectivity index (χ4v) is 5.48. The number of nitrogens with zero attached hydrogens (tertiary/aromatic N) is 2. The molecule has 2 atom stereocenters. The Bertz CT molecular complexity index is 1040. The Morgan fingerprint density at radius 3 is 2.38 bits per heavy atom. The lowest BCUT2D eigenvalue weighted by Crippen LogP contribution is -2.42. The number of anilines is 1. The third-order valence-corrected chi connectivity index (χ3v) is 7.44. The average Bonchev–Trinajstić information content (AvgIpc) is 3.50. The van der Waals surface area contributed by atoms with Gasteiger partial charge in [0.1, 0.15) is 0 Å². The summed E-state index contributed by atoms with van der Waals surface area (Å²) in [7, 11) is 1.36. The Morgan fingerprint density at radius 1 is 1.06 bits per heavy atom. The maximum absolute atomic E-state index is 13.1. The number of rotatable bonds is 6. The largest absolute Gasteiger partial charge is 0.469 e. The SMILES string of the molecule is COC(=O)C1CCN(C(=O)COC(=O)C2CC(=O)N(c3ccc(C)cc3)C2c2cccs2)CC1. The van der Waals surface area contributed by atoms with Crippen molar-refractivity contribution in [2.45, 2.75) is 32.2 Å². The summed E-state index contributed by atoms with van der Waals surface area (Å²) in [5, 5.41) is 1.91. The van der Waals surface area contributed by atoms with Crippen LogP contribution in [-0.2, 0) is 28.7 Å². The number of carbonyl (C=O) groups is 4. The lowest BCUT2D eigenvalue weighted by atomic mass is 9.97. The second-order valence-electron chi connectivity index (χ2n) is 8.66. The molecule has 2 aromatic rings. The molecule has 1 aromatic heterocycles.